The van der Waals surface area contributed by atoms with Crippen LogP contribution in [-0.2, 0) is 25.7 Å². The Labute approximate surface area is 312 Å². The fourth-order valence-corrected chi connectivity index (χ4v) is 8.25. The average Bonchev–Trinajstić information content (AvgIpc) is 3.37. The topological polar surface area (TPSA) is 115 Å². The van der Waals surface area contributed by atoms with Crippen molar-refractivity contribution in [3.05, 3.63) is 115 Å². The van der Waals surface area contributed by atoms with E-state index in [0.29, 0.717) is 44.4 Å². The molecule has 1 atom stereocenters. The van der Waals surface area contributed by atoms with Gasteiger partial charge in [-0.3, -0.25) is 9.36 Å². The molecular formula is C35H31FI2N2O8S. The third-order valence-electron chi connectivity index (χ3n) is 7.29. The predicted octanol–water partition coefficient (Wildman–Crippen LogP) is 5.68. The zero-order valence-corrected chi connectivity index (χ0v) is 32.0. The molecule has 0 N–H and O–H groups in total. The number of esters is 2. The summed E-state index contributed by atoms with van der Waals surface area (Å²) in [7, 11) is 1.27. The molecule has 0 amide bonds. The smallest absolute Gasteiger partial charge is 0.343 e. The van der Waals surface area contributed by atoms with E-state index >= 15 is 0 Å². The van der Waals surface area contributed by atoms with Crippen molar-refractivity contribution in [3.8, 4) is 17.2 Å². The summed E-state index contributed by atoms with van der Waals surface area (Å²) in [4.78, 5) is 44.4. The molecule has 5 rings (SSSR count). The molecule has 0 bridgehead atoms. The number of carbonyl (C=O) groups excluding carboxylic acids is 2. The summed E-state index contributed by atoms with van der Waals surface area (Å²) in [6.07, 6.45) is 1.79. The van der Waals surface area contributed by atoms with Gasteiger partial charge in [0.05, 0.1) is 49.3 Å². The number of hydrogen-bond acceptors (Lipinski definition) is 10. The Morgan fingerprint density at radius 3 is 2.35 bits per heavy atom. The molecule has 0 fully saturated rings. The number of benzene rings is 3. The molecule has 0 aliphatic carbocycles. The van der Waals surface area contributed by atoms with Crippen molar-refractivity contribution in [1.82, 2.24) is 4.57 Å². The van der Waals surface area contributed by atoms with Gasteiger partial charge in [0, 0.05) is 0 Å². The molecule has 10 nitrogen and oxygen atoms in total. The lowest BCUT2D eigenvalue weighted by Gasteiger charge is -2.25. The Hall–Kier alpha value is -3.77. The first-order chi connectivity index (χ1) is 23.5. The second kappa shape index (κ2) is 16.3. The summed E-state index contributed by atoms with van der Waals surface area (Å²) in [5, 5.41) is 0. The number of thiazole rings is 1. The van der Waals surface area contributed by atoms with E-state index in [4.69, 9.17) is 18.9 Å². The molecule has 3 aromatic carbocycles. The largest absolute Gasteiger partial charge is 0.490 e. The zero-order chi connectivity index (χ0) is 35.2. The van der Waals surface area contributed by atoms with E-state index in [9.17, 15) is 18.8 Å². The monoisotopic (exact) mass is 912 g/mol. The molecule has 1 aliphatic heterocycles. The van der Waals surface area contributed by atoms with Crippen molar-refractivity contribution >= 4 is 74.5 Å². The summed E-state index contributed by atoms with van der Waals surface area (Å²) >= 11 is 5.59. The maximum Gasteiger partial charge on any atom is 0.343 e. The van der Waals surface area contributed by atoms with E-state index in [1.165, 1.54) is 35.1 Å². The van der Waals surface area contributed by atoms with Gasteiger partial charge in [-0.05, 0) is 125 Å². The Kier molecular flexibility index (Phi) is 12.1. The fraction of sp³-hybridized carbons (Fsp3) is 0.257. The number of halogens is 3. The SMILES string of the molecule is CCOC(=O)C1=C(C)N=c2s/c(=C\c3cc(I)c(OCc4ccc(F)cc4)c(I)c3)c(=O)n2[C@H]1c1ccc(OCC(=O)OC)c(OCC)c1. The van der Waals surface area contributed by atoms with Crippen LogP contribution >= 0.6 is 56.5 Å². The molecule has 2 heterocycles. The number of aromatic nitrogens is 1. The molecule has 0 unspecified atom stereocenters. The number of hydrogen-bond donors (Lipinski definition) is 0. The second-order valence-electron chi connectivity index (χ2n) is 10.5. The summed E-state index contributed by atoms with van der Waals surface area (Å²) < 4.78 is 44.5. The van der Waals surface area contributed by atoms with E-state index in [1.807, 2.05) is 12.1 Å². The number of nitrogens with zero attached hydrogens (tertiary/aromatic N) is 2. The van der Waals surface area contributed by atoms with Crippen molar-refractivity contribution in [2.75, 3.05) is 26.9 Å². The van der Waals surface area contributed by atoms with Gasteiger partial charge in [-0.1, -0.05) is 29.5 Å². The normalized spacial score (nSPS) is 14.2. The lowest BCUT2D eigenvalue weighted by molar-refractivity contribution is -0.143. The van der Waals surface area contributed by atoms with Gasteiger partial charge in [0.25, 0.3) is 5.56 Å². The predicted molar refractivity (Wildman–Crippen MR) is 198 cm³/mol. The molecular weight excluding hydrogens is 881 g/mol. The average molecular weight is 913 g/mol. The zero-order valence-electron chi connectivity index (χ0n) is 26.9. The van der Waals surface area contributed by atoms with Crippen LogP contribution in [0.5, 0.6) is 17.2 Å². The molecule has 4 aromatic rings. The van der Waals surface area contributed by atoms with Crippen molar-refractivity contribution < 1.29 is 37.7 Å². The third-order valence-corrected chi connectivity index (χ3v) is 9.87. The van der Waals surface area contributed by atoms with Gasteiger partial charge in [0.1, 0.15) is 18.2 Å². The summed E-state index contributed by atoms with van der Waals surface area (Å²) in [5.41, 5.74) is 2.48. The molecule has 0 radical (unpaired) electrons. The quantitative estimate of drug-likeness (QED) is 0.132. The van der Waals surface area contributed by atoms with Crippen molar-refractivity contribution in [2.24, 2.45) is 4.99 Å². The van der Waals surface area contributed by atoms with E-state index in [0.717, 1.165) is 18.3 Å². The van der Waals surface area contributed by atoms with Crippen LogP contribution in [-0.4, -0.2) is 43.4 Å². The molecule has 256 valence electrons. The highest BCUT2D eigenvalue weighted by molar-refractivity contribution is 14.1. The van der Waals surface area contributed by atoms with Crippen LogP contribution in [0.4, 0.5) is 4.39 Å². The van der Waals surface area contributed by atoms with E-state index in [2.05, 4.69) is 54.9 Å². The molecule has 1 aromatic heterocycles. The van der Waals surface area contributed by atoms with E-state index in [-0.39, 0.29) is 36.8 Å². The minimum Gasteiger partial charge on any atom is -0.490 e. The van der Waals surface area contributed by atoms with Gasteiger partial charge in [-0.25, -0.2) is 19.0 Å². The summed E-state index contributed by atoms with van der Waals surface area (Å²) in [6.45, 7) is 5.61. The van der Waals surface area contributed by atoms with Gasteiger partial charge in [-0.2, -0.15) is 0 Å². The van der Waals surface area contributed by atoms with E-state index < -0.39 is 18.0 Å². The Morgan fingerprint density at radius 2 is 1.69 bits per heavy atom. The van der Waals surface area contributed by atoms with Crippen LogP contribution in [0, 0.1) is 13.0 Å². The summed E-state index contributed by atoms with van der Waals surface area (Å²) in [6, 6.07) is 14.1. The van der Waals surface area contributed by atoms with Crippen LogP contribution < -0.4 is 29.1 Å². The highest BCUT2D eigenvalue weighted by atomic mass is 127. The standard InChI is InChI=1S/C35H31FI2N2O8S/c1-5-45-27-16-22(9-12-26(27)47-18-29(41)44-4)31-30(34(43)46-6-2)19(3)39-35-40(31)33(42)28(49-35)15-21-13-24(37)32(25(38)14-21)48-17-20-7-10-23(36)11-8-20/h7-16,31H,5-6,17-18H2,1-4H3/b28-15-/t31-/m0/s1. The minimum atomic E-state index is -0.881. The lowest BCUT2D eigenvalue weighted by atomic mass is 9.95. The molecule has 49 heavy (non-hydrogen) atoms. The van der Waals surface area contributed by atoms with Gasteiger partial charge in [-0.15, -0.1) is 0 Å². The molecule has 0 spiro atoms. The van der Waals surface area contributed by atoms with Gasteiger partial charge in [0.2, 0.25) is 0 Å². The van der Waals surface area contributed by atoms with Crippen molar-refractivity contribution in [1.29, 1.82) is 0 Å². The fourth-order valence-electron chi connectivity index (χ4n) is 5.07. The number of allylic oxidation sites excluding steroid dienone is 1. The number of ether oxygens (including phenoxy) is 5. The van der Waals surface area contributed by atoms with E-state index in [1.54, 1.807) is 57.2 Å². The lowest BCUT2D eigenvalue weighted by Crippen LogP contribution is -2.40. The maximum atomic E-state index is 14.2. The number of methoxy groups -OCH3 is 1. The second-order valence-corrected chi connectivity index (χ2v) is 13.9. The molecule has 14 heteroatoms. The first kappa shape index (κ1) is 36.5. The number of fused-ring (bicyclic) bond motifs is 1. The number of carbonyl (C=O) groups is 2. The number of rotatable bonds is 12. The minimum absolute atomic E-state index is 0.137. The van der Waals surface area contributed by atoms with Crippen LogP contribution in [0.2, 0.25) is 0 Å². The van der Waals surface area contributed by atoms with Crippen molar-refractivity contribution in [3.63, 3.8) is 0 Å². The Balaban J connectivity index is 1.56. The van der Waals surface area contributed by atoms with Crippen LogP contribution in [0.25, 0.3) is 6.08 Å². The Bertz CT molecular complexity index is 2090. The van der Waals surface area contributed by atoms with Gasteiger partial charge >= 0.3 is 11.9 Å². The van der Waals surface area contributed by atoms with Crippen LogP contribution in [0.15, 0.2) is 75.7 Å². The maximum absolute atomic E-state index is 14.2. The molecule has 1 aliphatic rings. The van der Waals surface area contributed by atoms with Crippen molar-refractivity contribution in [2.45, 2.75) is 33.4 Å². The summed E-state index contributed by atoms with van der Waals surface area (Å²) in [5.74, 6) is -0.143. The Morgan fingerprint density at radius 1 is 0.980 bits per heavy atom. The van der Waals surface area contributed by atoms with Gasteiger partial charge in [0.15, 0.2) is 22.9 Å². The molecule has 0 saturated heterocycles. The van der Waals surface area contributed by atoms with Crippen LogP contribution in [0.3, 0.4) is 0 Å². The van der Waals surface area contributed by atoms with Crippen LogP contribution in [0.1, 0.15) is 43.5 Å². The highest BCUT2D eigenvalue weighted by Gasteiger charge is 2.34. The first-order valence-corrected chi connectivity index (χ1v) is 18.0. The highest BCUT2D eigenvalue weighted by Crippen LogP contribution is 2.36. The van der Waals surface area contributed by atoms with Gasteiger partial charge < -0.3 is 23.7 Å². The molecule has 0 saturated carbocycles. The first-order valence-electron chi connectivity index (χ1n) is 15.1. The third kappa shape index (κ3) is 8.34.